The number of nitrogens with one attached hydrogen (secondary N) is 1. The maximum atomic E-state index is 13.9. The first-order valence-electron chi connectivity index (χ1n) is 11.4. The topological polar surface area (TPSA) is 50.2 Å². The SMILES string of the molecule is O=C(NCc1ccnc(Cl)c1)n1c2c(c3cc(Br)ccc31)CN(CC=Cc1ccc(F)cc1F)CC2. The van der Waals surface area contributed by atoms with Crippen LogP contribution in [0, 0.1) is 11.6 Å². The lowest BCUT2D eigenvalue weighted by Crippen LogP contribution is -2.34. The van der Waals surface area contributed by atoms with Gasteiger partial charge in [0.1, 0.15) is 16.8 Å². The van der Waals surface area contributed by atoms with Crippen molar-refractivity contribution in [3.8, 4) is 0 Å². The van der Waals surface area contributed by atoms with Crippen molar-refractivity contribution in [3.05, 3.63) is 104 Å². The lowest BCUT2D eigenvalue weighted by atomic mass is 10.0. The highest BCUT2D eigenvalue weighted by atomic mass is 79.9. The van der Waals surface area contributed by atoms with E-state index in [1.807, 2.05) is 30.3 Å². The summed E-state index contributed by atoms with van der Waals surface area (Å²) in [6, 6.07) is 12.8. The molecule has 1 N–H and O–H groups in total. The van der Waals surface area contributed by atoms with Crippen LogP contribution in [0.5, 0.6) is 0 Å². The Morgan fingerprint density at radius 1 is 1.17 bits per heavy atom. The number of hydrogen-bond donors (Lipinski definition) is 1. The molecule has 4 aromatic rings. The summed E-state index contributed by atoms with van der Waals surface area (Å²) in [6.07, 6.45) is 5.85. The van der Waals surface area contributed by atoms with Crippen LogP contribution in [0.3, 0.4) is 0 Å². The van der Waals surface area contributed by atoms with Gasteiger partial charge in [0.25, 0.3) is 0 Å². The summed E-state index contributed by atoms with van der Waals surface area (Å²) in [6.45, 7) is 2.33. The fraction of sp³-hybridized carbons (Fsp3) is 0.185. The Bertz CT molecular complexity index is 1490. The van der Waals surface area contributed by atoms with Crippen LogP contribution in [0.2, 0.25) is 5.15 Å². The average Bonchev–Trinajstić information content (AvgIpc) is 3.17. The summed E-state index contributed by atoms with van der Waals surface area (Å²) in [4.78, 5) is 19.5. The van der Waals surface area contributed by atoms with E-state index in [0.717, 1.165) is 44.8 Å². The van der Waals surface area contributed by atoms with Crippen molar-refractivity contribution >= 4 is 50.5 Å². The number of pyridine rings is 1. The van der Waals surface area contributed by atoms with Crippen molar-refractivity contribution in [2.75, 3.05) is 13.1 Å². The van der Waals surface area contributed by atoms with Crippen LogP contribution in [-0.2, 0) is 19.5 Å². The fourth-order valence-electron chi connectivity index (χ4n) is 4.55. The van der Waals surface area contributed by atoms with Gasteiger partial charge in [-0.15, -0.1) is 0 Å². The number of carbonyl (C=O) groups is 1. The van der Waals surface area contributed by atoms with Gasteiger partial charge in [-0.2, -0.15) is 0 Å². The summed E-state index contributed by atoms with van der Waals surface area (Å²) in [7, 11) is 0. The minimum absolute atomic E-state index is 0.198. The highest BCUT2D eigenvalue weighted by Crippen LogP contribution is 2.33. The van der Waals surface area contributed by atoms with Crippen LogP contribution in [0.15, 0.2) is 65.3 Å². The first-order chi connectivity index (χ1) is 17.4. The Morgan fingerprint density at radius 2 is 2.03 bits per heavy atom. The Morgan fingerprint density at radius 3 is 2.83 bits per heavy atom. The van der Waals surface area contributed by atoms with Gasteiger partial charge in [-0.3, -0.25) is 9.47 Å². The Labute approximate surface area is 220 Å². The summed E-state index contributed by atoms with van der Waals surface area (Å²) in [5.74, 6) is -1.18. The molecule has 0 saturated carbocycles. The molecular formula is C27H22BrClF2N4O. The van der Waals surface area contributed by atoms with Crippen molar-refractivity contribution in [1.82, 2.24) is 19.8 Å². The Kier molecular flexibility index (Phi) is 7.18. The summed E-state index contributed by atoms with van der Waals surface area (Å²) in [5.41, 5.74) is 4.15. The third kappa shape index (κ3) is 5.21. The number of rotatable bonds is 5. The second kappa shape index (κ2) is 10.5. The minimum atomic E-state index is -0.593. The highest BCUT2D eigenvalue weighted by Gasteiger charge is 2.26. The monoisotopic (exact) mass is 570 g/mol. The predicted octanol–water partition coefficient (Wildman–Crippen LogP) is 6.56. The molecule has 2 aromatic heterocycles. The van der Waals surface area contributed by atoms with Gasteiger partial charge in [-0.05, 0) is 53.6 Å². The number of halogens is 4. The molecule has 1 aliphatic heterocycles. The molecule has 0 unspecified atom stereocenters. The zero-order valence-electron chi connectivity index (χ0n) is 19.1. The number of carbonyl (C=O) groups excluding carboxylic acids is 1. The van der Waals surface area contributed by atoms with E-state index >= 15 is 0 Å². The first-order valence-corrected chi connectivity index (χ1v) is 12.6. The van der Waals surface area contributed by atoms with Gasteiger partial charge in [-0.1, -0.05) is 39.7 Å². The third-order valence-electron chi connectivity index (χ3n) is 6.25. The Balaban J connectivity index is 1.37. The smallest absolute Gasteiger partial charge is 0.326 e. The number of aromatic nitrogens is 2. The number of nitrogens with zero attached hydrogens (tertiary/aromatic N) is 3. The quantitative estimate of drug-likeness (QED) is 0.276. The fourth-order valence-corrected chi connectivity index (χ4v) is 5.11. The van der Waals surface area contributed by atoms with Gasteiger partial charge < -0.3 is 5.32 Å². The molecule has 0 fully saturated rings. The number of benzene rings is 2. The molecule has 0 bridgehead atoms. The van der Waals surface area contributed by atoms with Gasteiger partial charge >= 0.3 is 6.03 Å². The third-order valence-corrected chi connectivity index (χ3v) is 6.95. The van der Waals surface area contributed by atoms with Gasteiger partial charge in [0.2, 0.25) is 0 Å². The van der Waals surface area contributed by atoms with E-state index in [1.54, 1.807) is 22.9 Å². The zero-order valence-corrected chi connectivity index (χ0v) is 21.5. The number of amides is 1. The molecule has 0 atom stereocenters. The second-order valence-corrected chi connectivity index (χ2v) is 9.92. The van der Waals surface area contributed by atoms with Gasteiger partial charge in [0, 0.05) is 66.0 Å². The summed E-state index contributed by atoms with van der Waals surface area (Å²) < 4.78 is 29.8. The van der Waals surface area contributed by atoms with E-state index in [9.17, 15) is 13.6 Å². The van der Waals surface area contributed by atoms with Gasteiger partial charge in [0.15, 0.2) is 0 Å². The molecule has 1 amide bonds. The van der Waals surface area contributed by atoms with E-state index in [1.165, 1.54) is 12.1 Å². The zero-order chi connectivity index (χ0) is 25.2. The van der Waals surface area contributed by atoms with Gasteiger partial charge in [0.05, 0.1) is 5.52 Å². The second-order valence-electron chi connectivity index (χ2n) is 8.62. The molecular weight excluding hydrogens is 550 g/mol. The molecule has 36 heavy (non-hydrogen) atoms. The van der Waals surface area contributed by atoms with E-state index in [-0.39, 0.29) is 6.03 Å². The van der Waals surface area contributed by atoms with Crippen LogP contribution < -0.4 is 5.32 Å². The molecule has 5 rings (SSSR count). The highest BCUT2D eigenvalue weighted by molar-refractivity contribution is 9.10. The van der Waals surface area contributed by atoms with Crippen LogP contribution in [0.1, 0.15) is 22.4 Å². The maximum absolute atomic E-state index is 13.9. The van der Waals surface area contributed by atoms with Crippen LogP contribution in [0.4, 0.5) is 13.6 Å². The summed E-state index contributed by atoms with van der Waals surface area (Å²) in [5, 5.41) is 4.39. The molecule has 0 radical (unpaired) electrons. The Hall–Kier alpha value is -3.07. The molecule has 9 heteroatoms. The number of hydrogen-bond acceptors (Lipinski definition) is 3. The van der Waals surface area contributed by atoms with E-state index in [2.05, 4.69) is 31.1 Å². The molecule has 2 aromatic carbocycles. The molecule has 0 aliphatic carbocycles. The maximum Gasteiger partial charge on any atom is 0.326 e. The molecule has 3 heterocycles. The average molecular weight is 572 g/mol. The molecule has 0 spiro atoms. The lowest BCUT2D eigenvalue weighted by Gasteiger charge is -2.27. The first kappa shape index (κ1) is 24.6. The standard InChI is InChI=1S/C27H22BrClF2N4O/c28-19-4-6-24-21(13-19)22-16-34(10-1-2-18-3-5-20(30)14-23(18)31)11-8-25(22)35(24)27(36)33-15-17-7-9-32-26(29)12-17/h1-7,9,12-14H,8,10-11,15-16H2,(H,33,36). The summed E-state index contributed by atoms with van der Waals surface area (Å²) >= 11 is 9.52. The van der Waals surface area contributed by atoms with E-state index in [4.69, 9.17) is 11.6 Å². The van der Waals surface area contributed by atoms with Crippen molar-refractivity contribution < 1.29 is 13.6 Å². The van der Waals surface area contributed by atoms with Gasteiger partial charge in [-0.25, -0.2) is 18.6 Å². The minimum Gasteiger partial charge on any atom is -0.333 e. The van der Waals surface area contributed by atoms with Crippen LogP contribution in [-0.4, -0.2) is 33.6 Å². The lowest BCUT2D eigenvalue weighted by molar-refractivity contribution is 0.240. The largest absolute Gasteiger partial charge is 0.333 e. The molecule has 1 aliphatic rings. The van der Waals surface area contributed by atoms with E-state index in [0.29, 0.717) is 36.8 Å². The van der Waals surface area contributed by atoms with Crippen molar-refractivity contribution in [2.24, 2.45) is 0 Å². The normalized spacial score (nSPS) is 13.9. The van der Waals surface area contributed by atoms with Crippen LogP contribution in [0.25, 0.3) is 17.0 Å². The van der Waals surface area contributed by atoms with Crippen molar-refractivity contribution in [3.63, 3.8) is 0 Å². The molecule has 5 nitrogen and oxygen atoms in total. The van der Waals surface area contributed by atoms with Crippen LogP contribution >= 0.6 is 27.5 Å². The van der Waals surface area contributed by atoms with E-state index < -0.39 is 11.6 Å². The molecule has 0 saturated heterocycles. The predicted molar refractivity (Wildman–Crippen MR) is 141 cm³/mol. The van der Waals surface area contributed by atoms with Crippen molar-refractivity contribution in [1.29, 1.82) is 0 Å². The molecule has 184 valence electrons. The van der Waals surface area contributed by atoms with Crippen molar-refractivity contribution in [2.45, 2.75) is 19.5 Å². The number of fused-ring (bicyclic) bond motifs is 3.